The highest BCUT2D eigenvalue weighted by Crippen LogP contribution is 2.26. The molecule has 2 atom stereocenters. The molecule has 1 aromatic rings. The number of nitrogens with one attached hydrogen (secondary N) is 3. The summed E-state index contributed by atoms with van der Waals surface area (Å²) in [7, 11) is 0. The van der Waals surface area contributed by atoms with Gasteiger partial charge in [0.05, 0.1) is 43.7 Å². The van der Waals surface area contributed by atoms with E-state index in [1.165, 1.54) is 6.20 Å². The van der Waals surface area contributed by atoms with Crippen molar-refractivity contribution in [2.45, 2.75) is 31.3 Å². The molecule has 1 aromatic heterocycles. The highest BCUT2D eigenvalue weighted by molar-refractivity contribution is 5.94. The number of aromatic nitrogens is 1. The average molecular weight is 389 g/mol. The zero-order chi connectivity index (χ0) is 19.9. The first kappa shape index (κ1) is 20.4. The third-order valence-corrected chi connectivity index (χ3v) is 4.93. The highest BCUT2D eigenvalue weighted by Gasteiger charge is 2.35. The van der Waals surface area contributed by atoms with E-state index in [0.29, 0.717) is 44.2 Å². The fourth-order valence-corrected chi connectivity index (χ4v) is 3.39. The van der Waals surface area contributed by atoms with Gasteiger partial charge in [-0.3, -0.25) is 9.78 Å². The molecular weight excluding hydrogens is 362 g/mol. The number of nitrogens with two attached hydrogens (primary N) is 2. The molecule has 0 radical (unpaired) electrons. The first-order chi connectivity index (χ1) is 13.6. The summed E-state index contributed by atoms with van der Waals surface area (Å²) in [6.07, 6.45) is 3.07. The molecule has 7 N–H and O–H groups in total. The van der Waals surface area contributed by atoms with Crippen molar-refractivity contribution >= 4 is 11.6 Å². The molecule has 10 heteroatoms. The number of hydrogen-bond donors (Lipinski definition) is 5. The Hall–Kier alpha value is -2.29. The number of rotatable bonds is 7. The number of anilines is 1. The van der Waals surface area contributed by atoms with Crippen molar-refractivity contribution < 1.29 is 14.3 Å². The lowest BCUT2D eigenvalue weighted by Crippen LogP contribution is -2.63. The Bertz CT molecular complexity index is 695. The number of hydrogen-bond acceptors (Lipinski definition) is 9. The van der Waals surface area contributed by atoms with E-state index in [9.17, 15) is 4.79 Å². The van der Waals surface area contributed by atoms with Crippen LogP contribution in [0.3, 0.4) is 0 Å². The van der Waals surface area contributed by atoms with E-state index in [0.717, 1.165) is 6.42 Å². The zero-order valence-electron chi connectivity index (χ0n) is 15.6. The first-order valence-electron chi connectivity index (χ1n) is 9.42. The van der Waals surface area contributed by atoms with Crippen LogP contribution >= 0.6 is 0 Å². The number of carbonyl (C=O) groups excluding carboxylic acids is 1. The molecule has 0 bridgehead atoms. The van der Waals surface area contributed by atoms with Crippen molar-refractivity contribution in [2.75, 3.05) is 31.6 Å². The van der Waals surface area contributed by atoms with E-state index in [1.54, 1.807) is 12.3 Å². The zero-order valence-corrected chi connectivity index (χ0v) is 15.6. The van der Waals surface area contributed by atoms with Crippen molar-refractivity contribution in [3.05, 3.63) is 18.5 Å². The molecule has 28 heavy (non-hydrogen) atoms. The summed E-state index contributed by atoms with van der Waals surface area (Å²) in [5, 5.41) is 18.1. The SMILES string of the molecule is N#CCC1CNC(C(C(=O)Nc2cnccc2OC2CCOC2)C(N)N)NC1. The maximum absolute atomic E-state index is 12.9. The molecule has 0 aliphatic carbocycles. The fraction of sp³-hybridized carbons (Fsp3) is 0.611. The lowest BCUT2D eigenvalue weighted by molar-refractivity contribution is -0.122. The van der Waals surface area contributed by atoms with Gasteiger partial charge < -0.3 is 36.9 Å². The standard InChI is InChI=1S/C18H27N7O3/c19-4-1-11-7-23-17(24-8-11)15(16(20)21)18(26)25-13-9-22-5-2-14(13)28-12-3-6-27-10-12/h2,5,9,11-12,15-17,23-24H,1,3,6-8,10,20-21H2,(H,25,26). The molecule has 3 heterocycles. The smallest absolute Gasteiger partial charge is 0.233 e. The van der Waals surface area contributed by atoms with Crippen LogP contribution in [0.1, 0.15) is 12.8 Å². The minimum Gasteiger partial charge on any atom is -0.486 e. The number of amides is 1. The molecule has 152 valence electrons. The Morgan fingerprint density at radius 3 is 2.89 bits per heavy atom. The second-order valence-electron chi connectivity index (χ2n) is 7.09. The van der Waals surface area contributed by atoms with Crippen molar-refractivity contribution in [1.29, 1.82) is 5.26 Å². The largest absolute Gasteiger partial charge is 0.486 e. The van der Waals surface area contributed by atoms with Gasteiger partial charge in [0.15, 0.2) is 0 Å². The van der Waals surface area contributed by atoms with Crippen molar-refractivity contribution in [3.8, 4) is 11.8 Å². The van der Waals surface area contributed by atoms with Crippen molar-refractivity contribution in [1.82, 2.24) is 15.6 Å². The molecule has 0 aromatic carbocycles. The van der Waals surface area contributed by atoms with Crippen LogP contribution in [0, 0.1) is 23.2 Å². The van der Waals surface area contributed by atoms with Gasteiger partial charge in [-0.1, -0.05) is 0 Å². The summed E-state index contributed by atoms with van der Waals surface area (Å²) in [5.41, 5.74) is 12.3. The Morgan fingerprint density at radius 2 is 2.25 bits per heavy atom. The van der Waals surface area contributed by atoms with Gasteiger partial charge >= 0.3 is 0 Å². The van der Waals surface area contributed by atoms with Crippen molar-refractivity contribution in [3.63, 3.8) is 0 Å². The van der Waals surface area contributed by atoms with Gasteiger partial charge in [-0.05, 0) is 5.92 Å². The van der Waals surface area contributed by atoms with Crippen LogP contribution in [-0.2, 0) is 9.53 Å². The lowest BCUT2D eigenvalue weighted by Gasteiger charge is -2.36. The van der Waals surface area contributed by atoms with Gasteiger partial charge in [-0.15, -0.1) is 0 Å². The number of ether oxygens (including phenoxy) is 2. The van der Waals surface area contributed by atoms with E-state index in [4.69, 9.17) is 26.2 Å². The Labute approximate surface area is 163 Å². The highest BCUT2D eigenvalue weighted by atomic mass is 16.5. The predicted octanol–water partition coefficient (Wildman–Crippen LogP) is -0.904. The minimum atomic E-state index is -0.873. The molecule has 1 amide bonds. The molecule has 2 aliphatic rings. The maximum Gasteiger partial charge on any atom is 0.233 e. The number of nitriles is 1. The van der Waals surface area contributed by atoms with Gasteiger partial charge in [-0.25, -0.2) is 0 Å². The molecule has 0 spiro atoms. The maximum atomic E-state index is 12.9. The van der Waals surface area contributed by atoms with Crippen molar-refractivity contribution in [2.24, 2.45) is 23.3 Å². The van der Waals surface area contributed by atoms with Crippen LogP contribution in [0.15, 0.2) is 18.5 Å². The summed E-state index contributed by atoms with van der Waals surface area (Å²) in [6.45, 7) is 2.41. The number of carbonyl (C=O) groups is 1. The van der Waals surface area contributed by atoms with Crippen LogP contribution < -0.4 is 32.2 Å². The number of nitrogens with zero attached hydrogens (tertiary/aromatic N) is 2. The predicted molar refractivity (Wildman–Crippen MR) is 102 cm³/mol. The quantitative estimate of drug-likeness (QED) is 0.372. The second kappa shape index (κ2) is 9.77. The van der Waals surface area contributed by atoms with Gasteiger partial charge in [0.2, 0.25) is 5.91 Å². The Kier molecular flexibility index (Phi) is 7.13. The van der Waals surface area contributed by atoms with Crippen LogP contribution in [-0.4, -0.2) is 55.6 Å². The third kappa shape index (κ3) is 5.15. The normalized spacial score (nSPS) is 25.9. The molecule has 3 rings (SSSR count). The first-order valence-corrected chi connectivity index (χ1v) is 9.42. The molecular formula is C18H27N7O3. The summed E-state index contributed by atoms with van der Waals surface area (Å²) < 4.78 is 11.3. The van der Waals surface area contributed by atoms with E-state index in [1.807, 2.05) is 0 Å². The summed E-state index contributed by atoms with van der Waals surface area (Å²) in [4.78, 5) is 17.0. The number of pyridine rings is 1. The molecule has 2 unspecified atom stereocenters. The third-order valence-electron chi connectivity index (χ3n) is 4.93. The topological polar surface area (TPSA) is 160 Å². The van der Waals surface area contributed by atoms with Crippen LogP contribution in [0.25, 0.3) is 0 Å². The van der Waals surface area contributed by atoms with E-state index >= 15 is 0 Å². The van der Waals surface area contributed by atoms with Crippen LogP contribution in [0.4, 0.5) is 5.69 Å². The molecule has 0 saturated carbocycles. The van der Waals surface area contributed by atoms with E-state index in [-0.39, 0.29) is 24.1 Å². The molecule has 2 aliphatic heterocycles. The van der Waals surface area contributed by atoms with Crippen LogP contribution in [0.5, 0.6) is 5.75 Å². The molecule has 2 fully saturated rings. The second-order valence-corrected chi connectivity index (χ2v) is 7.09. The van der Waals surface area contributed by atoms with Gasteiger partial charge in [0.25, 0.3) is 0 Å². The van der Waals surface area contributed by atoms with Gasteiger partial charge in [0.1, 0.15) is 17.5 Å². The van der Waals surface area contributed by atoms with Gasteiger partial charge in [0, 0.05) is 38.2 Å². The molecule has 10 nitrogen and oxygen atoms in total. The summed E-state index contributed by atoms with van der Waals surface area (Å²) >= 11 is 0. The van der Waals surface area contributed by atoms with Crippen LogP contribution in [0.2, 0.25) is 0 Å². The summed E-state index contributed by atoms with van der Waals surface area (Å²) in [5.74, 6) is -0.335. The molecule has 2 saturated heterocycles. The van der Waals surface area contributed by atoms with Gasteiger partial charge in [-0.2, -0.15) is 5.26 Å². The van der Waals surface area contributed by atoms with E-state index in [2.05, 4.69) is 27.0 Å². The average Bonchev–Trinajstić information content (AvgIpc) is 3.18. The monoisotopic (exact) mass is 389 g/mol. The minimum absolute atomic E-state index is 0.0515. The summed E-state index contributed by atoms with van der Waals surface area (Å²) in [6, 6.07) is 3.86. The Morgan fingerprint density at radius 1 is 1.46 bits per heavy atom. The Balaban J connectivity index is 1.65. The van der Waals surface area contributed by atoms with E-state index < -0.39 is 12.1 Å². The lowest BCUT2D eigenvalue weighted by atomic mass is 9.96. The fourth-order valence-electron chi connectivity index (χ4n) is 3.39.